The Bertz CT molecular complexity index is 405. The molecule has 2 heterocycles. The molecule has 3 nitrogen and oxygen atoms in total. The molecule has 0 unspecified atom stereocenters. The molecule has 1 N–H and O–H groups in total. The van der Waals surface area contributed by atoms with E-state index in [9.17, 15) is 9.59 Å². The summed E-state index contributed by atoms with van der Waals surface area (Å²) in [5, 5.41) is 9.09. The largest absolute Gasteiger partial charge is 0.477 e. The number of carboxylic acids is 1. The van der Waals surface area contributed by atoms with Crippen molar-refractivity contribution in [2.45, 2.75) is 18.8 Å². The number of thiophene rings is 1. The maximum Gasteiger partial charge on any atom is 0.346 e. The van der Waals surface area contributed by atoms with Gasteiger partial charge in [-0.15, -0.1) is 11.3 Å². The summed E-state index contributed by atoms with van der Waals surface area (Å²) >= 11 is 2.99. The number of aromatic carboxylic acids is 1. The SMILES string of the molecule is O=Cc1cc(C2CCSCC2)c(C(=O)O)s1. The van der Waals surface area contributed by atoms with Crippen LogP contribution in [0.1, 0.15) is 43.7 Å². The first kappa shape index (κ1) is 11.7. The molecule has 2 rings (SSSR count). The van der Waals surface area contributed by atoms with Gasteiger partial charge in [-0.2, -0.15) is 11.8 Å². The molecule has 5 heteroatoms. The standard InChI is InChI=1S/C11H12O3S2/c12-6-8-5-9(10(16-8)11(13)14)7-1-3-15-4-2-7/h5-7H,1-4H2,(H,13,14). The van der Waals surface area contributed by atoms with Crippen molar-refractivity contribution in [2.75, 3.05) is 11.5 Å². The van der Waals surface area contributed by atoms with E-state index >= 15 is 0 Å². The van der Waals surface area contributed by atoms with Crippen LogP contribution in [0.3, 0.4) is 0 Å². The van der Waals surface area contributed by atoms with Crippen LogP contribution in [0.15, 0.2) is 6.07 Å². The van der Waals surface area contributed by atoms with E-state index in [1.54, 1.807) is 6.07 Å². The van der Waals surface area contributed by atoms with Crippen molar-refractivity contribution in [3.05, 3.63) is 21.4 Å². The molecular weight excluding hydrogens is 244 g/mol. The fourth-order valence-electron chi connectivity index (χ4n) is 1.96. The number of carbonyl (C=O) groups is 2. The summed E-state index contributed by atoms with van der Waals surface area (Å²) < 4.78 is 0. The van der Waals surface area contributed by atoms with Gasteiger partial charge in [-0.25, -0.2) is 4.79 Å². The minimum absolute atomic E-state index is 0.317. The lowest BCUT2D eigenvalue weighted by molar-refractivity contribution is 0.0700. The lowest BCUT2D eigenvalue weighted by Crippen LogP contribution is -2.10. The molecule has 0 amide bonds. The molecule has 16 heavy (non-hydrogen) atoms. The summed E-state index contributed by atoms with van der Waals surface area (Å²) in [7, 11) is 0. The number of carbonyl (C=O) groups excluding carboxylic acids is 1. The highest BCUT2D eigenvalue weighted by molar-refractivity contribution is 7.99. The van der Waals surface area contributed by atoms with E-state index in [1.807, 2.05) is 11.8 Å². The van der Waals surface area contributed by atoms with Crippen LogP contribution in [0.5, 0.6) is 0 Å². The second-order valence-corrected chi connectivity index (χ2v) is 6.05. The highest BCUT2D eigenvalue weighted by atomic mass is 32.2. The summed E-state index contributed by atoms with van der Waals surface area (Å²) in [5.41, 5.74) is 0.861. The van der Waals surface area contributed by atoms with Gasteiger partial charge in [0.25, 0.3) is 0 Å². The molecule has 1 aromatic rings. The molecular formula is C11H12O3S2. The summed E-state index contributed by atoms with van der Waals surface area (Å²) in [6.07, 6.45) is 2.76. The molecule has 1 aliphatic heterocycles. The molecule has 0 saturated carbocycles. The predicted octanol–water partition coefficient (Wildman–Crippen LogP) is 2.87. The van der Waals surface area contributed by atoms with Crippen molar-refractivity contribution in [1.29, 1.82) is 0 Å². The maximum atomic E-state index is 11.1. The van der Waals surface area contributed by atoms with Crippen molar-refractivity contribution in [2.24, 2.45) is 0 Å². The summed E-state index contributed by atoms with van der Waals surface area (Å²) in [4.78, 5) is 22.6. The first-order valence-electron chi connectivity index (χ1n) is 5.12. The number of rotatable bonds is 3. The Balaban J connectivity index is 2.33. The van der Waals surface area contributed by atoms with Crippen molar-refractivity contribution in [3.8, 4) is 0 Å². The second kappa shape index (κ2) is 5.01. The van der Waals surface area contributed by atoms with E-state index in [0.29, 0.717) is 15.7 Å². The lowest BCUT2D eigenvalue weighted by atomic mass is 9.93. The van der Waals surface area contributed by atoms with Gasteiger partial charge >= 0.3 is 5.97 Å². The zero-order chi connectivity index (χ0) is 11.5. The van der Waals surface area contributed by atoms with Crippen molar-refractivity contribution in [1.82, 2.24) is 0 Å². The third-order valence-electron chi connectivity index (χ3n) is 2.75. The zero-order valence-corrected chi connectivity index (χ0v) is 10.3. The molecule has 86 valence electrons. The monoisotopic (exact) mass is 256 g/mol. The number of hydrogen-bond acceptors (Lipinski definition) is 4. The third kappa shape index (κ3) is 2.30. The van der Waals surface area contributed by atoms with Gasteiger partial charge in [0.05, 0.1) is 4.88 Å². The fraction of sp³-hybridized carbons (Fsp3) is 0.455. The van der Waals surface area contributed by atoms with Crippen LogP contribution in [0.2, 0.25) is 0 Å². The summed E-state index contributed by atoms with van der Waals surface area (Å²) in [6.45, 7) is 0. The Morgan fingerprint density at radius 3 is 2.69 bits per heavy atom. The molecule has 1 fully saturated rings. The normalized spacial score (nSPS) is 17.2. The summed E-state index contributed by atoms with van der Waals surface area (Å²) in [6, 6.07) is 1.75. The molecule has 0 aliphatic carbocycles. The van der Waals surface area contributed by atoms with E-state index in [2.05, 4.69) is 0 Å². The molecule has 0 spiro atoms. The quantitative estimate of drug-likeness (QED) is 0.845. The van der Waals surface area contributed by atoms with Gasteiger partial charge in [0, 0.05) is 0 Å². The Morgan fingerprint density at radius 2 is 2.12 bits per heavy atom. The Hall–Kier alpha value is -0.810. The van der Waals surface area contributed by atoms with Crippen molar-refractivity contribution >= 4 is 35.4 Å². The minimum Gasteiger partial charge on any atom is -0.477 e. The molecule has 0 atom stereocenters. The van der Waals surface area contributed by atoms with E-state index in [4.69, 9.17) is 5.11 Å². The van der Waals surface area contributed by atoms with Crippen LogP contribution >= 0.6 is 23.1 Å². The fourth-order valence-corrected chi connectivity index (χ4v) is 3.97. The Kier molecular flexibility index (Phi) is 3.66. The number of aldehydes is 1. The van der Waals surface area contributed by atoms with Crippen LogP contribution in [-0.2, 0) is 0 Å². The predicted molar refractivity (Wildman–Crippen MR) is 66.0 cm³/mol. The van der Waals surface area contributed by atoms with Gasteiger partial charge in [-0.1, -0.05) is 0 Å². The third-order valence-corrected chi connectivity index (χ3v) is 4.86. The highest BCUT2D eigenvalue weighted by Gasteiger charge is 2.24. The van der Waals surface area contributed by atoms with Gasteiger partial charge in [0.15, 0.2) is 6.29 Å². The minimum atomic E-state index is -0.911. The second-order valence-electron chi connectivity index (χ2n) is 3.74. The molecule has 1 aromatic heterocycles. The molecule has 0 aromatic carbocycles. The van der Waals surface area contributed by atoms with Crippen LogP contribution in [0.25, 0.3) is 0 Å². The van der Waals surface area contributed by atoms with Crippen LogP contribution in [-0.4, -0.2) is 28.9 Å². The molecule has 0 radical (unpaired) electrons. The average Bonchev–Trinajstić information content (AvgIpc) is 2.74. The van der Waals surface area contributed by atoms with Gasteiger partial charge in [-0.3, -0.25) is 4.79 Å². The van der Waals surface area contributed by atoms with E-state index in [1.165, 1.54) is 0 Å². The first-order chi connectivity index (χ1) is 7.72. The zero-order valence-electron chi connectivity index (χ0n) is 8.64. The number of carboxylic acid groups (broad SMARTS) is 1. The van der Waals surface area contributed by atoms with Crippen LogP contribution in [0, 0.1) is 0 Å². The summed E-state index contributed by atoms with van der Waals surface area (Å²) in [5.74, 6) is 1.56. The molecule has 1 aliphatic rings. The highest BCUT2D eigenvalue weighted by Crippen LogP contribution is 2.36. The number of thioether (sulfide) groups is 1. The first-order valence-corrected chi connectivity index (χ1v) is 7.09. The van der Waals surface area contributed by atoms with Crippen molar-refractivity contribution in [3.63, 3.8) is 0 Å². The van der Waals surface area contributed by atoms with Crippen LogP contribution in [0.4, 0.5) is 0 Å². The molecule has 0 bridgehead atoms. The number of hydrogen-bond donors (Lipinski definition) is 1. The average molecular weight is 256 g/mol. The van der Waals surface area contributed by atoms with Crippen molar-refractivity contribution < 1.29 is 14.7 Å². The Morgan fingerprint density at radius 1 is 1.44 bits per heavy atom. The Labute approximate surface area is 102 Å². The maximum absolute atomic E-state index is 11.1. The van der Waals surface area contributed by atoms with Gasteiger partial charge in [0.1, 0.15) is 4.88 Å². The van der Waals surface area contributed by atoms with E-state index in [0.717, 1.165) is 47.5 Å². The van der Waals surface area contributed by atoms with E-state index < -0.39 is 5.97 Å². The molecule has 1 saturated heterocycles. The van der Waals surface area contributed by atoms with Gasteiger partial charge < -0.3 is 5.11 Å². The lowest BCUT2D eigenvalue weighted by Gasteiger charge is -2.21. The van der Waals surface area contributed by atoms with Gasteiger partial charge in [-0.05, 0) is 41.9 Å². The van der Waals surface area contributed by atoms with Gasteiger partial charge in [0.2, 0.25) is 0 Å². The topological polar surface area (TPSA) is 54.4 Å². The smallest absolute Gasteiger partial charge is 0.346 e. The van der Waals surface area contributed by atoms with E-state index in [-0.39, 0.29) is 0 Å². The van der Waals surface area contributed by atoms with Crippen LogP contribution < -0.4 is 0 Å².